The van der Waals surface area contributed by atoms with E-state index in [1.165, 1.54) is 17.5 Å². The number of hydrogen-bond acceptors (Lipinski definition) is 3. The van der Waals surface area contributed by atoms with Crippen molar-refractivity contribution in [1.82, 2.24) is 5.32 Å². The van der Waals surface area contributed by atoms with Gasteiger partial charge in [0.15, 0.2) is 0 Å². The van der Waals surface area contributed by atoms with Crippen molar-refractivity contribution >= 4 is 0 Å². The molecule has 1 aromatic carbocycles. The standard InChI is InChI=1S/C17H25NO2/c1-4-19-17-8-13-7-12(3)20-16(13)9-15(17)14-5-6-18-10-11(14)2/h8-9,11-12,14,18H,4-7,10H2,1-3H3. The number of hydrogen-bond donors (Lipinski definition) is 1. The van der Waals surface area contributed by atoms with Gasteiger partial charge in [0.25, 0.3) is 0 Å². The Balaban J connectivity index is 1.97. The van der Waals surface area contributed by atoms with Crippen LogP contribution >= 0.6 is 0 Å². The molecule has 3 rings (SSSR count). The number of fused-ring (bicyclic) bond motifs is 1. The van der Waals surface area contributed by atoms with E-state index in [0.29, 0.717) is 17.9 Å². The lowest BCUT2D eigenvalue weighted by atomic mass is 9.81. The van der Waals surface area contributed by atoms with Crippen LogP contribution in [0.1, 0.15) is 44.2 Å². The Morgan fingerprint density at radius 1 is 1.35 bits per heavy atom. The summed E-state index contributed by atoms with van der Waals surface area (Å²) in [6.07, 6.45) is 2.47. The predicted molar refractivity (Wildman–Crippen MR) is 80.8 cm³/mol. The van der Waals surface area contributed by atoms with Crippen molar-refractivity contribution in [2.45, 2.75) is 45.6 Å². The van der Waals surface area contributed by atoms with Gasteiger partial charge in [-0.25, -0.2) is 0 Å². The van der Waals surface area contributed by atoms with E-state index >= 15 is 0 Å². The topological polar surface area (TPSA) is 30.5 Å². The van der Waals surface area contributed by atoms with Crippen LogP contribution in [0.15, 0.2) is 12.1 Å². The lowest BCUT2D eigenvalue weighted by Crippen LogP contribution is -2.34. The zero-order valence-electron chi connectivity index (χ0n) is 12.7. The van der Waals surface area contributed by atoms with Gasteiger partial charge in [-0.15, -0.1) is 0 Å². The highest BCUT2D eigenvalue weighted by Gasteiger charge is 2.29. The number of nitrogens with one attached hydrogen (secondary N) is 1. The minimum Gasteiger partial charge on any atom is -0.494 e. The van der Waals surface area contributed by atoms with Crippen LogP contribution in [-0.2, 0) is 6.42 Å². The zero-order chi connectivity index (χ0) is 14.1. The molecule has 1 saturated heterocycles. The van der Waals surface area contributed by atoms with Crippen molar-refractivity contribution in [2.75, 3.05) is 19.7 Å². The molecule has 0 spiro atoms. The van der Waals surface area contributed by atoms with Crippen molar-refractivity contribution in [3.63, 3.8) is 0 Å². The van der Waals surface area contributed by atoms with Crippen molar-refractivity contribution < 1.29 is 9.47 Å². The molecule has 1 N–H and O–H groups in total. The zero-order valence-corrected chi connectivity index (χ0v) is 12.7. The molecule has 110 valence electrons. The third-order valence-corrected chi connectivity index (χ3v) is 4.51. The van der Waals surface area contributed by atoms with Crippen LogP contribution in [0.2, 0.25) is 0 Å². The number of ether oxygens (including phenoxy) is 2. The summed E-state index contributed by atoms with van der Waals surface area (Å²) in [7, 11) is 0. The van der Waals surface area contributed by atoms with Gasteiger partial charge in [0.05, 0.1) is 6.61 Å². The van der Waals surface area contributed by atoms with E-state index in [9.17, 15) is 0 Å². The van der Waals surface area contributed by atoms with E-state index in [1.54, 1.807) is 0 Å². The molecule has 3 heteroatoms. The maximum atomic E-state index is 5.94. The Kier molecular flexibility index (Phi) is 3.88. The lowest BCUT2D eigenvalue weighted by molar-refractivity contribution is 0.253. The fraction of sp³-hybridized carbons (Fsp3) is 0.647. The Morgan fingerprint density at radius 3 is 2.95 bits per heavy atom. The first-order valence-corrected chi connectivity index (χ1v) is 7.86. The molecule has 1 aromatic rings. The molecular weight excluding hydrogens is 250 g/mol. The third kappa shape index (κ3) is 2.51. The van der Waals surface area contributed by atoms with Crippen LogP contribution < -0.4 is 14.8 Å². The number of rotatable bonds is 3. The van der Waals surface area contributed by atoms with Gasteiger partial charge in [0.2, 0.25) is 0 Å². The minimum atomic E-state index is 0.292. The Morgan fingerprint density at radius 2 is 2.20 bits per heavy atom. The van der Waals surface area contributed by atoms with Crippen LogP contribution in [0.4, 0.5) is 0 Å². The van der Waals surface area contributed by atoms with Gasteiger partial charge in [-0.3, -0.25) is 0 Å². The molecule has 3 atom stereocenters. The Labute approximate surface area is 121 Å². The van der Waals surface area contributed by atoms with E-state index in [-0.39, 0.29) is 0 Å². The van der Waals surface area contributed by atoms with Gasteiger partial charge in [-0.2, -0.15) is 0 Å². The van der Waals surface area contributed by atoms with Gasteiger partial charge < -0.3 is 14.8 Å². The molecule has 0 amide bonds. The molecule has 0 saturated carbocycles. The summed E-state index contributed by atoms with van der Waals surface area (Å²) >= 11 is 0. The summed E-state index contributed by atoms with van der Waals surface area (Å²) in [5.41, 5.74) is 2.64. The molecule has 0 bridgehead atoms. The van der Waals surface area contributed by atoms with Gasteiger partial charge in [0, 0.05) is 17.5 Å². The summed E-state index contributed by atoms with van der Waals surface area (Å²) in [6.45, 7) is 9.42. The average Bonchev–Trinajstić information content (AvgIpc) is 2.78. The summed E-state index contributed by atoms with van der Waals surface area (Å²) in [5.74, 6) is 3.35. The van der Waals surface area contributed by atoms with Crippen LogP contribution in [0.5, 0.6) is 11.5 Å². The van der Waals surface area contributed by atoms with Crippen LogP contribution in [0.3, 0.4) is 0 Å². The fourth-order valence-electron chi connectivity index (χ4n) is 3.50. The molecule has 2 aliphatic heterocycles. The summed E-state index contributed by atoms with van der Waals surface area (Å²) < 4.78 is 11.9. The smallest absolute Gasteiger partial charge is 0.123 e. The molecule has 3 unspecified atom stereocenters. The van der Waals surface area contributed by atoms with Crippen molar-refractivity contribution in [1.29, 1.82) is 0 Å². The van der Waals surface area contributed by atoms with Crippen LogP contribution in [-0.4, -0.2) is 25.8 Å². The third-order valence-electron chi connectivity index (χ3n) is 4.51. The van der Waals surface area contributed by atoms with Gasteiger partial charge in [-0.1, -0.05) is 6.92 Å². The van der Waals surface area contributed by atoms with Crippen molar-refractivity contribution in [3.8, 4) is 11.5 Å². The molecule has 2 heterocycles. The quantitative estimate of drug-likeness (QED) is 0.919. The monoisotopic (exact) mass is 275 g/mol. The van der Waals surface area contributed by atoms with Crippen LogP contribution in [0, 0.1) is 5.92 Å². The maximum Gasteiger partial charge on any atom is 0.123 e. The first kappa shape index (κ1) is 13.7. The Hall–Kier alpha value is -1.22. The largest absolute Gasteiger partial charge is 0.494 e. The first-order chi connectivity index (χ1) is 9.69. The minimum absolute atomic E-state index is 0.292. The van der Waals surface area contributed by atoms with E-state index in [4.69, 9.17) is 9.47 Å². The molecule has 0 aliphatic carbocycles. The van der Waals surface area contributed by atoms with E-state index in [2.05, 4.69) is 38.2 Å². The van der Waals surface area contributed by atoms with E-state index in [0.717, 1.165) is 37.6 Å². The van der Waals surface area contributed by atoms with Crippen molar-refractivity contribution in [2.24, 2.45) is 5.92 Å². The second-order valence-electron chi connectivity index (χ2n) is 6.14. The molecule has 2 aliphatic rings. The Bertz CT molecular complexity index is 486. The molecule has 0 aromatic heterocycles. The predicted octanol–water partition coefficient (Wildman–Crippen LogP) is 3.12. The molecular formula is C17H25NO2. The molecule has 1 fully saturated rings. The average molecular weight is 275 g/mol. The second kappa shape index (κ2) is 5.65. The molecule has 0 radical (unpaired) electrons. The number of piperidine rings is 1. The summed E-state index contributed by atoms with van der Waals surface area (Å²) in [5, 5.41) is 3.47. The number of benzene rings is 1. The molecule has 3 nitrogen and oxygen atoms in total. The second-order valence-corrected chi connectivity index (χ2v) is 6.14. The molecule has 20 heavy (non-hydrogen) atoms. The van der Waals surface area contributed by atoms with Gasteiger partial charge >= 0.3 is 0 Å². The highest BCUT2D eigenvalue weighted by Crippen LogP contribution is 2.42. The van der Waals surface area contributed by atoms with Crippen LogP contribution in [0.25, 0.3) is 0 Å². The maximum absolute atomic E-state index is 5.94. The SMILES string of the molecule is CCOc1cc2c(cc1C1CCNCC1C)OC(C)C2. The van der Waals surface area contributed by atoms with E-state index in [1.807, 2.05) is 0 Å². The summed E-state index contributed by atoms with van der Waals surface area (Å²) in [4.78, 5) is 0. The normalized spacial score (nSPS) is 28.9. The van der Waals surface area contributed by atoms with Gasteiger partial charge in [0.1, 0.15) is 17.6 Å². The summed E-state index contributed by atoms with van der Waals surface area (Å²) in [6, 6.07) is 4.46. The van der Waals surface area contributed by atoms with Crippen molar-refractivity contribution in [3.05, 3.63) is 23.3 Å². The highest BCUT2D eigenvalue weighted by atomic mass is 16.5. The van der Waals surface area contributed by atoms with Gasteiger partial charge in [-0.05, 0) is 57.3 Å². The fourth-order valence-corrected chi connectivity index (χ4v) is 3.50. The first-order valence-electron chi connectivity index (χ1n) is 7.86. The van der Waals surface area contributed by atoms with E-state index < -0.39 is 0 Å². The highest BCUT2D eigenvalue weighted by molar-refractivity contribution is 5.50. The lowest BCUT2D eigenvalue weighted by Gasteiger charge is -2.31.